The number of halogens is 3. The zero-order valence-corrected chi connectivity index (χ0v) is 19.0. The SMILES string of the molecule is O=C(Nc1cccc(Cc2nn(-c3cc(F)c(F)c(F)c3)ccc2=O)c1)OCCCN1CCCC1. The lowest BCUT2D eigenvalue weighted by Crippen LogP contribution is -2.22. The maximum Gasteiger partial charge on any atom is 0.411 e. The van der Waals surface area contributed by atoms with Gasteiger partial charge in [0.2, 0.25) is 5.43 Å². The molecule has 2 aromatic carbocycles. The molecule has 1 aromatic heterocycles. The predicted octanol–water partition coefficient (Wildman–Crippen LogP) is 4.28. The van der Waals surface area contributed by atoms with Crippen molar-refractivity contribution in [3.63, 3.8) is 0 Å². The van der Waals surface area contributed by atoms with Gasteiger partial charge in [-0.05, 0) is 50.0 Å². The van der Waals surface area contributed by atoms with E-state index in [2.05, 4.69) is 15.3 Å². The molecule has 4 rings (SSSR count). The van der Waals surface area contributed by atoms with Gasteiger partial charge in [0.15, 0.2) is 17.5 Å². The van der Waals surface area contributed by atoms with Crippen LogP contribution in [0.25, 0.3) is 5.69 Å². The minimum Gasteiger partial charge on any atom is -0.449 e. The summed E-state index contributed by atoms with van der Waals surface area (Å²) in [6, 6.07) is 9.63. The Kier molecular flexibility index (Phi) is 7.81. The molecule has 10 heteroatoms. The third-order valence-electron chi connectivity index (χ3n) is 5.71. The number of benzene rings is 2. The second-order valence-corrected chi connectivity index (χ2v) is 8.34. The van der Waals surface area contributed by atoms with Crippen LogP contribution in [0.2, 0.25) is 0 Å². The lowest BCUT2D eigenvalue weighted by Gasteiger charge is -2.14. The van der Waals surface area contributed by atoms with Gasteiger partial charge < -0.3 is 9.64 Å². The number of carbonyl (C=O) groups is 1. The number of ether oxygens (including phenoxy) is 1. The molecule has 1 fully saturated rings. The molecule has 0 bridgehead atoms. The highest BCUT2D eigenvalue weighted by Gasteiger charge is 2.14. The number of rotatable bonds is 8. The second kappa shape index (κ2) is 11.2. The third-order valence-corrected chi connectivity index (χ3v) is 5.71. The summed E-state index contributed by atoms with van der Waals surface area (Å²) in [4.78, 5) is 26.8. The van der Waals surface area contributed by atoms with E-state index in [1.807, 2.05) is 0 Å². The Bertz CT molecular complexity index is 1240. The van der Waals surface area contributed by atoms with Crippen LogP contribution in [-0.4, -0.2) is 47.0 Å². The van der Waals surface area contributed by atoms with E-state index in [9.17, 15) is 22.8 Å². The van der Waals surface area contributed by atoms with Gasteiger partial charge in [0.25, 0.3) is 0 Å². The molecule has 1 saturated heterocycles. The highest BCUT2D eigenvalue weighted by Crippen LogP contribution is 2.17. The summed E-state index contributed by atoms with van der Waals surface area (Å²) in [7, 11) is 0. The number of carbonyl (C=O) groups excluding carboxylic acids is 1. The quantitative estimate of drug-likeness (QED) is 0.380. The summed E-state index contributed by atoms with van der Waals surface area (Å²) >= 11 is 0. The fraction of sp³-hybridized carbons (Fsp3) is 0.320. The molecule has 0 spiro atoms. The van der Waals surface area contributed by atoms with E-state index in [1.54, 1.807) is 24.3 Å². The minimum absolute atomic E-state index is 0.0643. The molecule has 3 aromatic rings. The number of likely N-dealkylation sites (tertiary alicyclic amines) is 1. The van der Waals surface area contributed by atoms with Gasteiger partial charge in [-0.25, -0.2) is 22.6 Å². The Hall–Kier alpha value is -3.66. The summed E-state index contributed by atoms with van der Waals surface area (Å²) in [5, 5.41) is 6.82. The van der Waals surface area contributed by atoms with E-state index in [1.165, 1.54) is 25.1 Å². The summed E-state index contributed by atoms with van der Waals surface area (Å²) in [5.74, 6) is -4.29. The molecule has 1 amide bonds. The first-order chi connectivity index (χ1) is 16.9. The number of anilines is 1. The number of aromatic nitrogens is 2. The molecule has 7 nitrogen and oxygen atoms in total. The maximum absolute atomic E-state index is 13.6. The maximum atomic E-state index is 13.6. The normalized spacial score (nSPS) is 13.7. The molecule has 184 valence electrons. The molecule has 0 atom stereocenters. The number of nitrogens with zero attached hydrogens (tertiary/aromatic N) is 3. The molecule has 0 aliphatic carbocycles. The van der Waals surface area contributed by atoms with Gasteiger partial charge in [-0.1, -0.05) is 12.1 Å². The van der Waals surface area contributed by atoms with Crippen LogP contribution in [0.4, 0.5) is 23.7 Å². The van der Waals surface area contributed by atoms with Crippen molar-refractivity contribution in [2.75, 3.05) is 31.6 Å². The first-order valence-electron chi connectivity index (χ1n) is 11.4. The van der Waals surface area contributed by atoms with Crippen molar-refractivity contribution in [2.24, 2.45) is 0 Å². The number of hydrogen-bond donors (Lipinski definition) is 1. The van der Waals surface area contributed by atoms with E-state index >= 15 is 0 Å². The second-order valence-electron chi connectivity index (χ2n) is 8.34. The fourth-order valence-corrected chi connectivity index (χ4v) is 3.95. The van der Waals surface area contributed by atoms with E-state index in [-0.39, 0.29) is 23.2 Å². The van der Waals surface area contributed by atoms with Crippen LogP contribution < -0.4 is 10.7 Å². The fourth-order valence-electron chi connectivity index (χ4n) is 3.95. The molecule has 1 N–H and O–H groups in total. The van der Waals surface area contributed by atoms with Crippen molar-refractivity contribution in [2.45, 2.75) is 25.7 Å². The van der Waals surface area contributed by atoms with Crippen LogP contribution in [0.5, 0.6) is 0 Å². The zero-order chi connectivity index (χ0) is 24.8. The van der Waals surface area contributed by atoms with Gasteiger partial charge >= 0.3 is 6.09 Å². The Morgan fingerprint density at radius 2 is 1.80 bits per heavy atom. The molecule has 2 heterocycles. The number of amides is 1. The van der Waals surface area contributed by atoms with Crippen molar-refractivity contribution in [3.05, 3.63) is 87.6 Å². The monoisotopic (exact) mass is 486 g/mol. The van der Waals surface area contributed by atoms with Crippen molar-refractivity contribution < 1.29 is 22.7 Å². The van der Waals surface area contributed by atoms with E-state index in [4.69, 9.17) is 4.74 Å². The average Bonchev–Trinajstić information content (AvgIpc) is 3.35. The number of hydrogen-bond acceptors (Lipinski definition) is 5. The molecule has 35 heavy (non-hydrogen) atoms. The minimum atomic E-state index is -1.58. The van der Waals surface area contributed by atoms with Gasteiger partial charge in [-0.2, -0.15) is 5.10 Å². The Labute approximate surface area is 200 Å². The molecular weight excluding hydrogens is 461 g/mol. The van der Waals surface area contributed by atoms with Crippen LogP contribution in [-0.2, 0) is 11.2 Å². The molecular formula is C25H25F3N4O3. The molecule has 1 aliphatic rings. The largest absolute Gasteiger partial charge is 0.449 e. The van der Waals surface area contributed by atoms with Gasteiger partial charge in [-0.15, -0.1) is 0 Å². The van der Waals surface area contributed by atoms with Crippen LogP contribution in [0.3, 0.4) is 0 Å². The van der Waals surface area contributed by atoms with Crippen LogP contribution in [0.1, 0.15) is 30.5 Å². The van der Waals surface area contributed by atoms with Crippen molar-refractivity contribution in [1.29, 1.82) is 0 Å². The average molecular weight is 486 g/mol. The van der Waals surface area contributed by atoms with Gasteiger partial charge in [-0.3, -0.25) is 10.1 Å². The van der Waals surface area contributed by atoms with E-state index in [0.29, 0.717) is 17.9 Å². The van der Waals surface area contributed by atoms with Crippen LogP contribution in [0.15, 0.2) is 53.5 Å². The standard InChI is InChI=1S/C25H25F3N4O3/c26-20-15-19(16-21(27)24(20)28)32-11-7-23(33)22(30-32)14-17-5-3-6-18(13-17)29-25(34)35-12-4-10-31-8-1-2-9-31/h3,5-7,11,13,15-16H,1-2,4,8-10,12,14H2,(H,29,34). The molecule has 0 saturated carbocycles. The van der Waals surface area contributed by atoms with Crippen LogP contribution >= 0.6 is 0 Å². The first-order valence-corrected chi connectivity index (χ1v) is 11.4. The lowest BCUT2D eigenvalue weighted by molar-refractivity contribution is 0.154. The van der Waals surface area contributed by atoms with Crippen molar-refractivity contribution >= 4 is 11.8 Å². The number of nitrogens with one attached hydrogen (secondary N) is 1. The van der Waals surface area contributed by atoms with E-state index in [0.717, 1.165) is 42.9 Å². The van der Waals surface area contributed by atoms with Gasteiger partial charge in [0, 0.05) is 43.0 Å². The third kappa shape index (κ3) is 6.48. The summed E-state index contributed by atoms with van der Waals surface area (Å²) in [6.45, 7) is 3.41. The first kappa shape index (κ1) is 24.5. The zero-order valence-electron chi connectivity index (χ0n) is 19.0. The lowest BCUT2D eigenvalue weighted by atomic mass is 10.1. The highest BCUT2D eigenvalue weighted by atomic mass is 19.2. The summed E-state index contributed by atoms with van der Waals surface area (Å²) in [5.41, 5.74) is 0.839. The topological polar surface area (TPSA) is 76.5 Å². The Morgan fingerprint density at radius 1 is 1.06 bits per heavy atom. The molecule has 1 aliphatic heterocycles. The summed E-state index contributed by atoms with van der Waals surface area (Å²) in [6.07, 6.45) is 3.98. The van der Waals surface area contributed by atoms with Crippen molar-refractivity contribution in [3.8, 4) is 5.69 Å². The highest BCUT2D eigenvalue weighted by molar-refractivity contribution is 5.84. The van der Waals surface area contributed by atoms with Gasteiger partial charge in [0.05, 0.1) is 12.3 Å². The Balaban J connectivity index is 1.38. The van der Waals surface area contributed by atoms with Crippen LogP contribution in [0, 0.1) is 17.5 Å². The van der Waals surface area contributed by atoms with Crippen molar-refractivity contribution in [1.82, 2.24) is 14.7 Å². The summed E-state index contributed by atoms with van der Waals surface area (Å²) < 4.78 is 46.8. The smallest absolute Gasteiger partial charge is 0.411 e. The predicted molar refractivity (Wildman–Crippen MR) is 124 cm³/mol. The van der Waals surface area contributed by atoms with Gasteiger partial charge in [0.1, 0.15) is 5.69 Å². The van der Waals surface area contributed by atoms with E-state index < -0.39 is 23.5 Å². The molecule has 0 radical (unpaired) electrons. The Morgan fingerprint density at radius 3 is 2.54 bits per heavy atom. The molecule has 0 unspecified atom stereocenters.